The van der Waals surface area contributed by atoms with E-state index in [1.54, 1.807) is 12.3 Å². The smallest absolute Gasteiger partial charge is 0.0917 e. The Hall–Kier alpha value is -1.71. The van der Waals surface area contributed by atoms with E-state index in [1.165, 1.54) is 4.79 Å². The highest BCUT2D eigenvalue weighted by Gasteiger charge is 1.97. The highest BCUT2D eigenvalue weighted by molar-refractivity contribution is 5.81. The van der Waals surface area contributed by atoms with Gasteiger partial charge in [0.15, 0.2) is 0 Å². The molecule has 11 heavy (non-hydrogen) atoms. The molecule has 0 aliphatic rings. The maximum absolute atomic E-state index is 5.56. The van der Waals surface area contributed by atoms with Crippen molar-refractivity contribution in [3.63, 3.8) is 0 Å². The van der Waals surface area contributed by atoms with Gasteiger partial charge in [-0.25, -0.2) is 0 Å². The van der Waals surface area contributed by atoms with Crippen LogP contribution in [0.5, 0.6) is 0 Å². The standard InChI is InChI=1S/C7H8N4/c8-6-1-2-7-5(3-6)4-10-11(7)9/h1-4H,8-9H2. The van der Waals surface area contributed by atoms with Crippen LogP contribution in [0.4, 0.5) is 5.69 Å². The topological polar surface area (TPSA) is 69.9 Å². The first-order valence-electron chi connectivity index (χ1n) is 3.26. The number of nitrogen functional groups attached to an aromatic ring is 2. The summed E-state index contributed by atoms with van der Waals surface area (Å²) in [6.45, 7) is 0. The van der Waals surface area contributed by atoms with Gasteiger partial charge in [0.1, 0.15) is 0 Å². The minimum absolute atomic E-state index is 0.727. The summed E-state index contributed by atoms with van der Waals surface area (Å²) < 4.78 is 0. The normalized spacial score (nSPS) is 10.5. The summed E-state index contributed by atoms with van der Waals surface area (Å²) in [7, 11) is 0. The van der Waals surface area contributed by atoms with Gasteiger partial charge in [-0.2, -0.15) is 9.89 Å². The first-order valence-corrected chi connectivity index (χ1v) is 3.26. The van der Waals surface area contributed by atoms with Crippen LogP contribution in [0.3, 0.4) is 0 Å². The molecule has 0 aliphatic carbocycles. The van der Waals surface area contributed by atoms with Crippen molar-refractivity contribution in [2.45, 2.75) is 0 Å². The lowest BCUT2D eigenvalue weighted by molar-refractivity contribution is 0.863. The number of hydrogen-bond donors (Lipinski definition) is 2. The molecule has 4 heteroatoms. The van der Waals surface area contributed by atoms with Gasteiger partial charge in [0.2, 0.25) is 0 Å². The minimum atomic E-state index is 0.727. The SMILES string of the molecule is Nc1ccc2c(cnn2N)c1. The predicted molar refractivity (Wildman–Crippen MR) is 44.3 cm³/mol. The Morgan fingerprint density at radius 1 is 1.36 bits per heavy atom. The maximum Gasteiger partial charge on any atom is 0.0917 e. The van der Waals surface area contributed by atoms with Gasteiger partial charge >= 0.3 is 0 Å². The fourth-order valence-corrected chi connectivity index (χ4v) is 1.07. The summed E-state index contributed by atoms with van der Waals surface area (Å²) in [5, 5.41) is 4.84. The number of nitrogens with zero attached hydrogens (tertiary/aromatic N) is 2. The van der Waals surface area contributed by atoms with Gasteiger partial charge in [-0.1, -0.05) is 0 Å². The second kappa shape index (κ2) is 1.88. The van der Waals surface area contributed by atoms with Crippen molar-refractivity contribution in [1.29, 1.82) is 0 Å². The molecule has 0 bridgehead atoms. The van der Waals surface area contributed by atoms with E-state index < -0.39 is 0 Å². The first-order chi connectivity index (χ1) is 5.27. The van der Waals surface area contributed by atoms with E-state index in [0.717, 1.165) is 16.6 Å². The average molecular weight is 148 g/mol. The van der Waals surface area contributed by atoms with Crippen LogP contribution in [0.1, 0.15) is 0 Å². The van der Waals surface area contributed by atoms with Crippen LogP contribution >= 0.6 is 0 Å². The molecule has 0 fully saturated rings. The van der Waals surface area contributed by atoms with Crippen LogP contribution in [-0.2, 0) is 0 Å². The van der Waals surface area contributed by atoms with Crippen molar-refractivity contribution in [3.8, 4) is 0 Å². The van der Waals surface area contributed by atoms with E-state index in [9.17, 15) is 0 Å². The van der Waals surface area contributed by atoms with Crippen LogP contribution in [0.2, 0.25) is 0 Å². The van der Waals surface area contributed by atoms with E-state index in [4.69, 9.17) is 11.6 Å². The van der Waals surface area contributed by atoms with Crippen LogP contribution in [0.25, 0.3) is 10.9 Å². The Labute approximate surface area is 63.4 Å². The molecule has 1 aromatic carbocycles. The van der Waals surface area contributed by atoms with E-state index in [0.29, 0.717) is 0 Å². The molecule has 0 atom stereocenters. The van der Waals surface area contributed by atoms with Gasteiger partial charge < -0.3 is 11.6 Å². The number of benzene rings is 1. The maximum atomic E-state index is 5.56. The summed E-state index contributed by atoms with van der Waals surface area (Å²) in [4.78, 5) is 1.33. The van der Waals surface area contributed by atoms with Crippen molar-refractivity contribution < 1.29 is 0 Å². The first kappa shape index (κ1) is 6.03. The monoisotopic (exact) mass is 148 g/mol. The van der Waals surface area contributed by atoms with Gasteiger partial charge in [-0.3, -0.25) is 0 Å². The van der Waals surface area contributed by atoms with Crippen LogP contribution in [0, 0.1) is 0 Å². The quantitative estimate of drug-likeness (QED) is 0.418. The Morgan fingerprint density at radius 2 is 2.18 bits per heavy atom. The van der Waals surface area contributed by atoms with Gasteiger partial charge in [0, 0.05) is 11.1 Å². The molecule has 2 aromatic rings. The van der Waals surface area contributed by atoms with E-state index in [-0.39, 0.29) is 0 Å². The second-order valence-corrected chi connectivity index (χ2v) is 2.41. The van der Waals surface area contributed by atoms with E-state index in [1.807, 2.05) is 12.1 Å². The van der Waals surface area contributed by atoms with Crippen molar-refractivity contribution >= 4 is 16.6 Å². The average Bonchev–Trinajstić information content (AvgIpc) is 2.32. The summed E-state index contributed by atoms with van der Waals surface area (Å²) >= 11 is 0. The fourth-order valence-electron chi connectivity index (χ4n) is 1.07. The molecule has 0 amide bonds. The third kappa shape index (κ3) is 0.797. The van der Waals surface area contributed by atoms with Crippen LogP contribution in [-0.4, -0.2) is 9.89 Å². The van der Waals surface area contributed by atoms with Gasteiger partial charge in [-0.05, 0) is 18.2 Å². The third-order valence-electron chi connectivity index (χ3n) is 1.62. The van der Waals surface area contributed by atoms with Crippen molar-refractivity contribution in [2.75, 3.05) is 11.6 Å². The zero-order valence-corrected chi connectivity index (χ0v) is 5.86. The van der Waals surface area contributed by atoms with E-state index in [2.05, 4.69) is 5.10 Å². The summed E-state index contributed by atoms with van der Waals surface area (Å²) in [6, 6.07) is 5.48. The van der Waals surface area contributed by atoms with Crippen LogP contribution < -0.4 is 11.6 Å². The molecule has 0 radical (unpaired) electrons. The van der Waals surface area contributed by atoms with Crippen molar-refractivity contribution in [2.24, 2.45) is 0 Å². The number of rotatable bonds is 0. The Morgan fingerprint density at radius 3 is 3.00 bits per heavy atom. The van der Waals surface area contributed by atoms with Crippen molar-refractivity contribution in [1.82, 2.24) is 9.89 Å². The number of anilines is 1. The largest absolute Gasteiger partial charge is 0.399 e. The third-order valence-corrected chi connectivity index (χ3v) is 1.62. The molecule has 0 unspecified atom stereocenters. The van der Waals surface area contributed by atoms with Gasteiger partial charge in [0.25, 0.3) is 0 Å². The van der Waals surface area contributed by atoms with E-state index >= 15 is 0 Å². The summed E-state index contributed by atoms with van der Waals surface area (Å²) in [5.74, 6) is 5.49. The molecular formula is C7H8N4. The zero-order chi connectivity index (χ0) is 7.84. The van der Waals surface area contributed by atoms with Crippen molar-refractivity contribution in [3.05, 3.63) is 24.4 Å². The lowest BCUT2D eigenvalue weighted by Crippen LogP contribution is -2.08. The molecule has 1 heterocycles. The lowest BCUT2D eigenvalue weighted by Gasteiger charge is -1.93. The second-order valence-electron chi connectivity index (χ2n) is 2.41. The summed E-state index contributed by atoms with van der Waals surface area (Å²) in [5.41, 5.74) is 7.17. The molecule has 4 N–H and O–H groups in total. The van der Waals surface area contributed by atoms with Crippen LogP contribution in [0.15, 0.2) is 24.4 Å². The minimum Gasteiger partial charge on any atom is -0.399 e. The fraction of sp³-hybridized carbons (Fsp3) is 0. The highest BCUT2D eigenvalue weighted by Crippen LogP contribution is 2.14. The van der Waals surface area contributed by atoms with Gasteiger partial charge in [-0.15, -0.1) is 0 Å². The Bertz CT molecular complexity index is 390. The van der Waals surface area contributed by atoms with Gasteiger partial charge in [0.05, 0.1) is 11.7 Å². The predicted octanol–water partition coefficient (Wildman–Crippen LogP) is 0.332. The Balaban J connectivity index is 2.86. The summed E-state index contributed by atoms with van der Waals surface area (Å²) in [6.07, 6.45) is 1.69. The molecule has 0 saturated heterocycles. The molecule has 0 spiro atoms. The highest BCUT2D eigenvalue weighted by atomic mass is 15.5. The molecule has 0 saturated carbocycles. The molecule has 0 aliphatic heterocycles. The molecule has 4 nitrogen and oxygen atoms in total. The number of nitrogens with two attached hydrogens (primary N) is 2. The lowest BCUT2D eigenvalue weighted by atomic mass is 10.2. The zero-order valence-electron chi connectivity index (χ0n) is 5.86. The Kier molecular flexibility index (Phi) is 1.03. The number of fused-ring (bicyclic) bond motifs is 1. The number of hydrogen-bond acceptors (Lipinski definition) is 3. The molecule has 1 aromatic heterocycles. The molecule has 2 rings (SSSR count). The molecule has 56 valence electrons. The number of aromatic nitrogens is 2. The molecular weight excluding hydrogens is 140 g/mol.